The molecular weight excluding hydrogens is 342 g/mol. The molecule has 1 amide bonds. The lowest BCUT2D eigenvalue weighted by Crippen LogP contribution is -2.43. The lowest BCUT2D eigenvalue weighted by molar-refractivity contribution is -0.145. The second-order valence-electron chi connectivity index (χ2n) is 4.76. The summed E-state index contributed by atoms with van der Waals surface area (Å²) in [4.78, 5) is 25.8. The maximum Gasteiger partial charge on any atom is 0.308 e. The molecule has 1 unspecified atom stereocenters. The Morgan fingerprint density at radius 3 is 2.70 bits per heavy atom. The average Bonchev–Trinajstić information content (AvgIpc) is 2.46. The highest BCUT2D eigenvalue weighted by Crippen LogP contribution is 2.22. The molecule has 1 aliphatic heterocycles. The molecule has 1 N–H and O–H groups in total. The first-order chi connectivity index (χ1) is 9.56. The summed E-state index contributed by atoms with van der Waals surface area (Å²) in [6.45, 7) is 1.01. The van der Waals surface area contributed by atoms with Gasteiger partial charge in [-0.15, -0.1) is 11.8 Å². The van der Waals surface area contributed by atoms with Crippen LogP contribution in [-0.2, 0) is 9.59 Å². The van der Waals surface area contributed by atoms with E-state index in [1.54, 1.807) is 4.90 Å². The molecule has 4 nitrogen and oxygen atoms in total. The fraction of sp³-hybridized carbons (Fsp3) is 0.429. The third kappa shape index (κ3) is 4.24. The zero-order valence-corrected chi connectivity index (χ0v) is 13.3. The molecule has 1 saturated heterocycles. The summed E-state index contributed by atoms with van der Waals surface area (Å²) in [7, 11) is 0. The molecule has 108 valence electrons. The number of aliphatic carboxylic acids is 1. The molecule has 1 aromatic rings. The quantitative estimate of drug-likeness (QED) is 0.841. The van der Waals surface area contributed by atoms with E-state index in [4.69, 9.17) is 5.11 Å². The van der Waals surface area contributed by atoms with Gasteiger partial charge in [0.15, 0.2) is 0 Å². The molecule has 1 heterocycles. The van der Waals surface area contributed by atoms with Gasteiger partial charge in [0.25, 0.3) is 0 Å². The molecule has 0 radical (unpaired) electrons. The van der Waals surface area contributed by atoms with E-state index in [1.807, 2.05) is 24.3 Å². The number of rotatable bonds is 4. The number of halogens is 1. The lowest BCUT2D eigenvalue weighted by atomic mass is 9.98. The highest BCUT2D eigenvalue weighted by atomic mass is 79.9. The van der Waals surface area contributed by atoms with Crippen LogP contribution in [-0.4, -0.2) is 40.7 Å². The van der Waals surface area contributed by atoms with Crippen LogP contribution in [0.15, 0.2) is 33.6 Å². The molecule has 20 heavy (non-hydrogen) atoms. The SMILES string of the molecule is O=C(O)C1CCCN(C(=O)CSc2ccc(Br)cc2)C1. The number of amides is 1. The van der Waals surface area contributed by atoms with Crippen LogP contribution in [0.2, 0.25) is 0 Å². The predicted octanol–water partition coefficient (Wildman–Crippen LogP) is 2.86. The summed E-state index contributed by atoms with van der Waals surface area (Å²) in [6, 6.07) is 7.79. The minimum Gasteiger partial charge on any atom is -0.481 e. The van der Waals surface area contributed by atoms with Gasteiger partial charge in [-0.05, 0) is 37.1 Å². The van der Waals surface area contributed by atoms with Crippen molar-refractivity contribution in [1.82, 2.24) is 4.90 Å². The number of piperidine rings is 1. The molecule has 0 saturated carbocycles. The fourth-order valence-electron chi connectivity index (χ4n) is 2.17. The highest BCUT2D eigenvalue weighted by Gasteiger charge is 2.27. The number of benzene rings is 1. The summed E-state index contributed by atoms with van der Waals surface area (Å²) in [6.07, 6.45) is 1.44. The maximum absolute atomic E-state index is 12.1. The summed E-state index contributed by atoms with van der Waals surface area (Å²) in [5.41, 5.74) is 0. The molecule has 0 aliphatic carbocycles. The first-order valence-corrected chi connectivity index (χ1v) is 8.23. The van der Waals surface area contributed by atoms with E-state index in [0.717, 1.165) is 15.8 Å². The number of likely N-dealkylation sites (tertiary alicyclic amines) is 1. The van der Waals surface area contributed by atoms with Crippen LogP contribution in [0.3, 0.4) is 0 Å². The second kappa shape index (κ2) is 7.13. The van der Waals surface area contributed by atoms with Crippen molar-refractivity contribution in [3.63, 3.8) is 0 Å². The van der Waals surface area contributed by atoms with E-state index < -0.39 is 11.9 Å². The van der Waals surface area contributed by atoms with Crippen LogP contribution in [0.5, 0.6) is 0 Å². The van der Waals surface area contributed by atoms with Crippen molar-refractivity contribution in [2.75, 3.05) is 18.8 Å². The summed E-state index contributed by atoms with van der Waals surface area (Å²) < 4.78 is 1.01. The Bertz CT molecular complexity index is 492. The Labute approximate surface area is 130 Å². The zero-order chi connectivity index (χ0) is 14.5. The fourth-order valence-corrected chi connectivity index (χ4v) is 3.24. The number of nitrogens with zero attached hydrogens (tertiary/aromatic N) is 1. The van der Waals surface area contributed by atoms with Crippen molar-refractivity contribution in [1.29, 1.82) is 0 Å². The first kappa shape index (κ1) is 15.4. The van der Waals surface area contributed by atoms with Crippen LogP contribution in [0, 0.1) is 5.92 Å². The van der Waals surface area contributed by atoms with Crippen LogP contribution >= 0.6 is 27.7 Å². The van der Waals surface area contributed by atoms with Gasteiger partial charge in [-0.3, -0.25) is 9.59 Å². The van der Waals surface area contributed by atoms with Gasteiger partial charge in [0.05, 0.1) is 11.7 Å². The molecule has 1 atom stereocenters. The van der Waals surface area contributed by atoms with Gasteiger partial charge < -0.3 is 10.0 Å². The van der Waals surface area contributed by atoms with E-state index >= 15 is 0 Å². The molecular formula is C14H16BrNO3S. The van der Waals surface area contributed by atoms with Crippen molar-refractivity contribution in [3.05, 3.63) is 28.7 Å². The van der Waals surface area contributed by atoms with E-state index in [2.05, 4.69) is 15.9 Å². The summed E-state index contributed by atoms with van der Waals surface area (Å²) in [5.74, 6) is -0.842. The maximum atomic E-state index is 12.1. The summed E-state index contributed by atoms with van der Waals surface area (Å²) in [5, 5.41) is 9.02. The van der Waals surface area contributed by atoms with Crippen molar-refractivity contribution in [2.24, 2.45) is 5.92 Å². The third-order valence-electron chi connectivity index (χ3n) is 3.30. The largest absolute Gasteiger partial charge is 0.481 e. The second-order valence-corrected chi connectivity index (χ2v) is 6.72. The minimum atomic E-state index is -0.803. The highest BCUT2D eigenvalue weighted by molar-refractivity contribution is 9.10. The van der Waals surface area contributed by atoms with Crippen LogP contribution in [0.4, 0.5) is 0 Å². The lowest BCUT2D eigenvalue weighted by Gasteiger charge is -2.30. The molecule has 1 aliphatic rings. The van der Waals surface area contributed by atoms with E-state index in [0.29, 0.717) is 25.3 Å². The number of carboxylic acid groups (broad SMARTS) is 1. The molecule has 2 rings (SSSR count). The van der Waals surface area contributed by atoms with Gasteiger partial charge >= 0.3 is 5.97 Å². The van der Waals surface area contributed by atoms with E-state index in [-0.39, 0.29) is 5.91 Å². The Balaban J connectivity index is 1.85. The number of carbonyl (C=O) groups is 2. The Morgan fingerprint density at radius 2 is 2.05 bits per heavy atom. The van der Waals surface area contributed by atoms with Crippen molar-refractivity contribution in [2.45, 2.75) is 17.7 Å². The van der Waals surface area contributed by atoms with E-state index in [1.165, 1.54) is 11.8 Å². The number of hydrogen-bond donors (Lipinski definition) is 1. The van der Waals surface area contributed by atoms with Crippen molar-refractivity contribution >= 4 is 39.6 Å². The number of hydrogen-bond acceptors (Lipinski definition) is 3. The predicted molar refractivity (Wildman–Crippen MR) is 81.8 cm³/mol. The van der Waals surface area contributed by atoms with Crippen LogP contribution in [0.1, 0.15) is 12.8 Å². The van der Waals surface area contributed by atoms with E-state index in [9.17, 15) is 9.59 Å². The average molecular weight is 358 g/mol. The first-order valence-electron chi connectivity index (χ1n) is 6.45. The topological polar surface area (TPSA) is 57.6 Å². The molecule has 1 aromatic carbocycles. The van der Waals surface area contributed by atoms with Gasteiger partial charge in [-0.1, -0.05) is 15.9 Å². The number of carboxylic acids is 1. The van der Waals surface area contributed by atoms with Crippen LogP contribution in [0.25, 0.3) is 0 Å². The van der Waals surface area contributed by atoms with Gasteiger partial charge in [0.1, 0.15) is 0 Å². The smallest absolute Gasteiger partial charge is 0.308 e. The van der Waals surface area contributed by atoms with Crippen LogP contribution < -0.4 is 0 Å². The van der Waals surface area contributed by atoms with Gasteiger partial charge in [0.2, 0.25) is 5.91 Å². The summed E-state index contributed by atoms with van der Waals surface area (Å²) >= 11 is 4.85. The Hall–Kier alpha value is -1.01. The molecule has 0 spiro atoms. The molecule has 6 heteroatoms. The van der Waals surface area contributed by atoms with Crippen molar-refractivity contribution in [3.8, 4) is 0 Å². The Morgan fingerprint density at radius 1 is 1.35 bits per heavy atom. The van der Waals surface area contributed by atoms with Gasteiger partial charge in [0, 0.05) is 22.5 Å². The number of thioether (sulfide) groups is 1. The zero-order valence-electron chi connectivity index (χ0n) is 10.9. The number of carbonyl (C=O) groups excluding carboxylic acids is 1. The monoisotopic (exact) mass is 357 g/mol. The standard InChI is InChI=1S/C14H16BrNO3S/c15-11-3-5-12(6-4-11)20-9-13(17)16-7-1-2-10(8-16)14(18)19/h3-6,10H,1-2,7-9H2,(H,18,19). The molecule has 0 aromatic heterocycles. The molecule has 0 bridgehead atoms. The minimum absolute atomic E-state index is 0.0175. The Kier molecular flexibility index (Phi) is 5.48. The third-order valence-corrected chi connectivity index (χ3v) is 4.82. The van der Waals surface area contributed by atoms with Gasteiger partial charge in [-0.2, -0.15) is 0 Å². The normalized spacial score (nSPS) is 18.9. The van der Waals surface area contributed by atoms with Crippen molar-refractivity contribution < 1.29 is 14.7 Å². The van der Waals surface area contributed by atoms with Gasteiger partial charge in [-0.25, -0.2) is 0 Å². The molecule has 1 fully saturated rings.